The molecule has 2 rings (SSSR count). The molecule has 0 aliphatic carbocycles. The Bertz CT molecular complexity index is 673. The topological polar surface area (TPSA) is 30.5 Å². The number of nitrogens with one attached hydrogen (secondary N) is 1. The van der Waals surface area contributed by atoms with Crippen LogP contribution in [0.25, 0.3) is 0 Å². The van der Waals surface area contributed by atoms with Crippen LogP contribution in [0.1, 0.15) is 43.4 Å². The molecule has 0 saturated carbocycles. The third-order valence-electron chi connectivity index (χ3n) is 3.91. The molecule has 0 atom stereocenters. The van der Waals surface area contributed by atoms with Gasteiger partial charge in [-0.05, 0) is 44.0 Å². The number of rotatable bonds is 10. The van der Waals surface area contributed by atoms with Gasteiger partial charge in [-0.3, -0.25) is 0 Å². The van der Waals surface area contributed by atoms with Crippen molar-refractivity contribution in [2.45, 2.75) is 46.8 Å². The summed E-state index contributed by atoms with van der Waals surface area (Å²) in [4.78, 5) is 0. The van der Waals surface area contributed by atoms with Crippen LogP contribution in [0.4, 0.5) is 0 Å². The maximum Gasteiger partial charge on any atom is 0.163 e. The molecule has 0 heterocycles. The molecule has 0 spiro atoms. The Labute approximate surface area is 156 Å². The molecule has 0 aliphatic rings. The smallest absolute Gasteiger partial charge is 0.163 e. The number of benzene rings is 2. The Morgan fingerprint density at radius 1 is 1.04 bits per heavy atom. The number of halogens is 1. The molecule has 0 aromatic heterocycles. The molecule has 0 bridgehead atoms. The van der Waals surface area contributed by atoms with Crippen LogP contribution in [0.15, 0.2) is 36.4 Å². The van der Waals surface area contributed by atoms with Gasteiger partial charge in [0.1, 0.15) is 6.61 Å². The summed E-state index contributed by atoms with van der Waals surface area (Å²) < 4.78 is 11.7. The predicted molar refractivity (Wildman–Crippen MR) is 105 cm³/mol. The maximum absolute atomic E-state index is 6.45. The summed E-state index contributed by atoms with van der Waals surface area (Å²) >= 11 is 6.45. The van der Waals surface area contributed by atoms with Gasteiger partial charge in [-0.2, -0.15) is 0 Å². The molecule has 2 aromatic rings. The van der Waals surface area contributed by atoms with Gasteiger partial charge in [-0.25, -0.2) is 0 Å². The first-order chi connectivity index (χ1) is 12.1. The highest BCUT2D eigenvalue weighted by Crippen LogP contribution is 2.34. The zero-order chi connectivity index (χ0) is 18.1. The largest absolute Gasteiger partial charge is 0.490 e. The van der Waals surface area contributed by atoms with E-state index in [1.165, 1.54) is 12.0 Å². The first-order valence-corrected chi connectivity index (χ1v) is 9.36. The highest BCUT2D eigenvalue weighted by Gasteiger charge is 2.11. The molecular weight excluding hydrogens is 334 g/mol. The molecule has 3 nitrogen and oxygen atoms in total. The van der Waals surface area contributed by atoms with Gasteiger partial charge in [-0.1, -0.05) is 54.8 Å². The molecular formula is C21H28ClNO2. The van der Waals surface area contributed by atoms with Crippen molar-refractivity contribution in [3.63, 3.8) is 0 Å². The Kier molecular flexibility index (Phi) is 8.10. The van der Waals surface area contributed by atoms with E-state index in [9.17, 15) is 0 Å². The quantitative estimate of drug-likeness (QED) is 0.565. The van der Waals surface area contributed by atoms with Crippen molar-refractivity contribution in [3.8, 4) is 11.5 Å². The van der Waals surface area contributed by atoms with E-state index in [-0.39, 0.29) is 0 Å². The second-order valence-electron chi connectivity index (χ2n) is 6.13. The van der Waals surface area contributed by atoms with E-state index in [4.69, 9.17) is 21.1 Å². The average molecular weight is 362 g/mol. The molecule has 0 unspecified atom stereocenters. The van der Waals surface area contributed by atoms with Crippen LogP contribution in [0.3, 0.4) is 0 Å². The fourth-order valence-corrected chi connectivity index (χ4v) is 2.80. The minimum atomic E-state index is 0.492. The van der Waals surface area contributed by atoms with Crippen molar-refractivity contribution < 1.29 is 9.47 Å². The zero-order valence-electron chi connectivity index (χ0n) is 15.4. The fourth-order valence-electron chi connectivity index (χ4n) is 2.58. The Morgan fingerprint density at radius 2 is 1.84 bits per heavy atom. The van der Waals surface area contributed by atoms with Crippen LogP contribution < -0.4 is 14.8 Å². The minimum absolute atomic E-state index is 0.492. The number of aryl methyl sites for hydroxylation is 1. The second kappa shape index (κ2) is 10.3. The van der Waals surface area contributed by atoms with Crippen molar-refractivity contribution >= 4 is 11.6 Å². The molecule has 0 amide bonds. The van der Waals surface area contributed by atoms with Gasteiger partial charge >= 0.3 is 0 Å². The van der Waals surface area contributed by atoms with Gasteiger partial charge < -0.3 is 14.8 Å². The number of unbranched alkanes of at least 4 members (excludes halogenated alkanes) is 1. The average Bonchev–Trinajstić information content (AvgIpc) is 2.60. The highest BCUT2D eigenvalue weighted by molar-refractivity contribution is 6.31. The molecule has 2 aromatic carbocycles. The lowest BCUT2D eigenvalue weighted by molar-refractivity contribution is 0.269. The zero-order valence-corrected chi connectivity index (χ0v) is 16.2. The van der Waals surface area contributed by atoms with Crippen LogP contribution in [-0.4, -0.2) is 13.2 Å². The minimum Gasteiger partial charge on any atom is -0.490 e. The van der Waals surface area contributed by atoms with Gasteiger partial charge in [-0.15, -0.1) is 0 Å². The summed E-state index contributed by atoms with van der Waals surface area (Å²) in [5, 5.41) is 4.12. The normalized spacial score (nSPS) is 10.7. The van der Waals surface area contributed by atoms with Crippen LogP contribution in [-0.2, 0) is 13.2 Å². The van der Waals surface area contributed by atoms with Crippen LogP contribution >= 0.6 is 11.6 Å². The Hall–Kier alpha value is -1.71. The van der Waals surface area contributed by atoms with E-state index in [0.717, 1.165) is 36.4 Å². The van der Waals surface area contributed by atoms with Crippen LogP contribution in [0, 0.1) is 6.92 Å². The molecule has 0 radical (unpaired) electrons. The third-order valence-corrected chi connectivity index (χ3v) is 4.26. The van der Waals surface area contributed by atoms with Crippen molar-refractivity contribution in [1.29, 1.82) is 0 Å². The Morgan fingerprint density at radius 3 is 2.56 bits per heavy atom. The summed E-state index contributed by atoms with van der Waals surface area (Å²) in [6.45, 7) is 9.03. The summed E-state index contributed by atoms with van der Waals surface area (Å²) in [6.07, 6.45) is 2.34. The summed E-state index contributed by atoms with van der Waals surface area (Å²) in [7, 11) is 0. The van der Waals surface area contributed by atoms with Crippen molar-refractivity contribution in [2.24, 2.45) is 0 Å². The molecule has 4 heteroatoms. The molecule has 0 fully saturated rings. The van der Waals surface area contributed by atoms with Gasteiger partial charge in [0, 0.05) is 17.6 Å². The van der Waals surface area contributed by atoms with Crippen LogP contribution in [0.2, 0.25) is 5.02 Å². The Balaban J connectivity index is 2.09. The van der Waals surface area contributed by atoms with Gasteiger partial charge in [0.2, 0.25) is 0 Å². The molecule has 1 N–H and O–H groups in total. The first-order valence-electron chi connectivity index (χ1n) is 8.98. The SMILES string of the molecule is CCCCNCc1cc(OCC)c(OCc2cccc(C)c2)cc1Cl. The second-order valence-corrected chi connectivity index (χ2v) is 6.54. The maximum atomic E-state index is 6.45. The van der Waals surface area contributed by atoms with E-state index in [1.54, 1.807) is 0 Å². The summed E-state index contributed by atoms with van der Waals surface area (Å²) in [5.74, 6) is 1.43. The monoisotopic (exact) mass is 361 g/mol. The summed E-state index contributed by atoms with van der Waals surface area (Å²) in [6, 6.07) is 12.1. The third kappa shape index (κ3) is 6.26. The van der Waals surface area contributed by atoms with E-state index in [1.807, 2.05) is 25.1 Å². The van der Waals surface area contributed by atoms with E-state index < -0.39 is 0 Å². The first kappa shape index (κ1) is 19.6. The predicted octanol–water partition coefficient (Wildman–Crippen LogP) is 5.52. The van der Waals surface area contributed by atoms with Crippen molar-refractivity contribution in [1.82, 2.24) is 5.32 Å². The van der Waals surface area contributed by atoms with E-state index in [0.29, 0.717) is 24.0 Å². The van der Waals surface area contributed by atoms with Crippen LogP contribution in [0.5, 0.6) is 11.5 Å². The number of hydrogen-bond donors (Lipinski definition) is 1. The molecule has 136 valence electrons. The van der Waals surface area contributed by atoms with Gasteiger partial charge in [0.15, 0.2) is 11.5 Å². The lowest BCUT2D eigenvalue weighted by atomic mass is 10.1. The number of ether oxygens (including phenoxy) is 2. The molecule has 0 saturated heterocycles. The van der Waals surface area contributed by atoms with Crippen molar-refractivity contribution in [2.75, 3.05) is 13.2 Å². The fraction of sp³-hybridized carbons (Fsp3) is 0.429. The standard InChI is InChI=1S/C21H28ClNO2/c1-4-6-10-23-14-18-12-20(24-5-2)21(13-19(18)22)25-15-17-9-7-8-16(3)11-17/h7-9,11-13,23H,4-6,10,14-15H2,1-3H3. The summed E-state index contributed by atoms with van der Waals surface area (Å²) in [5.41, 5.74) is 3.38. The lowest BCUT2D eigenvalue weighted by Gasteiger charge is -2.15. The van der Waals surface area contributed by atoms with Gasteiger partial charge in [0.25, 0.3) is 0 Å². The molecule has 0 aliphatic heterocycles. The lowest BCUT2D eigenvalue weighted by Crippen LogP contribution is -2.15. The van der Waals surface area contributed by atoms with Crippen molar-refractivity contribution in [3.05, 3.63) is 58.1 Å². The molecule has 25 heavy (non-hydrogen) atoms. The highest BCUT2D eigenvalue weighted by atomic mass is 35.5. The van der Waals surface area contributed by atoms with Gasteiger partial charge in [0.05, 0.1) is 6.61 Å². The van der Waals surface area contributed by atoms with E-state index in [2.05, 4.69) is 37.4 Å². The van der Waals surface area contributed by atoms with E-state index >= 15 is 0 Å². The number of hydrogen-bond acceptors (Lipinski definition) is 3.